The van der Waals surface area contributed by atoms with Crippen molar-refractivity contribution in [2.45, 2.75) is 13.5 Å². The summed E-state index contributed by atoms with van der Waals surface area (Å²) in [6.07, 6.45) is 1.83. The van der Waals surface area contributed by atoms with Crippen LogP contribution in [0.1, 0.15) is 11.1 Å². The van der Waals surface area contributed by atoms with Gasteiger partial charge in [0.15, 0.2) is 5.58 Å². The number of fused-ring (bicyclic) bond motifs is 4. The van der Waals surface area contributed by atoms with Gasteiger partial charge in [0.05, 0.1) is 11.1 Å². The highest BCUT2D eigenvalue weighted by Gasteiger charge is 2.21. The molecule has 1 aliphatic rings. The van der Waals surface area contributed by atoms with Gasteiger partial charge in [0.1, 0.15) is 18.1 Å². The van der Waals surface area contributed by atoms with Crippen molar-refractivity contribution < 1.29 is 9.26 Å². The van der Waals surface area contributed by atoms with Crippen LogP contribution in [0.5, 0.6) is 5.75 Å². The fraction of sp³-hybridized carbons (Fsp3) is 0.100. The predicted octanol–water partition coefficient (Wildman–Crippen LogP) is 5.41. The maximum atomic E-state index is 6.13. The number of hydrogen-bond acceptors (Lipinski definition) is 4. The van der Waals surface area contributed by atoms with E-state index in [1.807, 2.05) is 36.5 Å². The molecule has 0 saturated heterocycles. The predicted molar refractivity (Wildman–Crippen MR) is 96.8 cm³/mol. The maximum absolute atomic E-state index is 6.13. The van der Waals surface area contributed by atoms with Gasteiger partial charge in [-0.05, 0) is 43.3 Å². The van der Waals surface area contributed by atoms with E-state index in [2.05, 4.69) is 29.2 Å². The monoisotopic (exact) mass is 348 g/mol. The molecule has 122 valence electrons. The quantitative estimate of drug-likeness (QED) is 0.461. The molecule has 0 saturated carbocycles. The first-order chi connectivity index (χ1) is 12.2. The fourth-order valence-electron chi connectivity index (χ4n) is 3.22. The number of aryl methyl sites for hydroxylation is 1. The molecule has 0 radical (unpaired) electrons. The summed E-state index contributed by atoms with van der Waals surface area (Å²) in [5.41, 5.74) is 6.47. The molecule has 0 amide bonds. The van der Waals surface area contributed by atoms with Crippen LogP contribution in [0.4, 0.5) is 0 Å². The van der Waals surface area contributed by atoms with Crippen LogP contribution in [0.3, 0.4) is 0 Å². The first-order valence-corrected chi connectivity index (χ1v) is 8.35. The fourth-order valence-corrected chi connectivity index (χ4v) is 3.39. The second kappa shape index (κ2) is 5.33. The Balaban J connectivity index is 1.67. The van der Waals surface area contributed by atoms with Crippen molar-refractivity contribution in [3.8, 4) is 28.3 Å². The summed E-state index contributed by atoms with van der Waals surface area (Å²) < 4.78 is 11.3. The van der Waals surface area contributed by atoms with Crippen LogP contribution < -0.4 is 4.74 Å². The third-order valence-corrected chi connectivity index (χ3v) is 4.68. The molecule has 2 aromatic heterocycles. The van der Waals surface area contributed by atoms with Gasteiger partial charge in [-0.25, -0.2) is 0 Å². The molecule has 0 spiro atoms. The summed E-state index contributed by atoms with van der Waals surface area (Å²) in [4.78, 5) is 4.67. The van der Waals surface area contributed by atoms with Gasteiger partial charge in [-0.3, -0.25) is 4.98 Å². The largest absolute Gasteiger partial charge is 0.488 e. The minimum Gasteiger partial charge on any atom is -0.488 e. The maximum Gasteiger partial charge on any atom is 0.167 e. The molecule has 1 aliphatic heterocycles. The normalized spacial score (nSPS) is 12.6. The number of nitrogens with zero attached hydrogens (tertiary/aromatic N) is 2. The molecule has 0 N–H and O–H groups in total. The first kappa shape index (κ1) is 14.5. The lowest BCUT2D eigenvalue weighted by molar-refractivity contribution is 0.301. The SMILES string of the molecule is Cc1ccc2onc(-c3cnc4c(c3)COc3ccc(Cl)cc3-4)c2c1. The van der Waals surface area contributed by atoms with E-state index >= 15 is 0 Å². The topological polar surface area (TPSA) is 48.2 Å². The van der Waals surface area contributed by atoms with E-state index in [1.54, 1.807) is 0 Å². The average Bonchev–Trinajstić information content (AvgIpc) is 3.04. The van der Waals surface area contributed by atoms with Crippen molar-refractivity contribution in [2.75, 3.05) is 0 Å². The minimum absolute atomic E-state index is 0.472. The van der Waals surface area contributed by atoms with Gasteiger partial charge in [0.25, 0.3) is 0 Å². The zero-order valence-corrected chi connectivity index (χ0v) is 14.2. The Hall–Kier alpha value is -2.85. The van der Waals surface area contributed by atoms with Gasteiger partial charge in [0, 0.05) is 27.9 Å². The Kier molecular flexibility index (Phi) is 3.09. The Morgan fingerprint density at radius 2 is 1.96 bits per heavy atom. The molecule has 2 aromatic carbocycles. The van der Waals surface area contributed by atoms with E-state index in [1.165, 1.54) is 0 Å². The van der Waals surface area contributed by atoms with Crippen molar-refractivity contribution in [3.63, 3.8) is 0 Å². The van der Waals surface area contributed by atoms with Crippen molar-refractivity contribution in [1.29, 1.82) is 0 Å². The lowest BCUT2D eigenvalue weighted by Crippen LogP contribution is -2.07. The molecule has 5 heteroatoms. The number of aromatic nitrogens is 2. The van der Waals surface area contributed by atoms with Gasteiger partial charge in [-0.2, -0.15) is 0 Å². The average molecular weight is 349 g/mol. The van der Waals surface area contributed by atoms with Crippen LogP contribution in [-0.2, 0) is 6.61 Å². The summed E-state index contributed by atoms with van der Waals surface area (Å²) >= 11 is 6.13. The van der Waals surface area contributed by atoms with E-state index in [0.717, 1.165) is 50.4 Å². The van der Waals surface area contributed by atoms with E-state index in [0.29, 0.717) is 11.6 Å². The van der Waals surface area contributed by atoms with Crippen LogP contribution in [0.2, 0.25) is 5.02 Å². The highest BCUT2D eigenvalue weighted by atomic mass is 35.5. The molecule has 0 aliphatic carbocycles. The summed E-state index contributed by atoms with van der Waals surface area (Å²) in [5.74, 6) is 0.805. The molecule has 5 rings (SSSR count). The van der Waals surface area contributed by atoms with Crippen molar-refractivity contribution in [3.05, 3.63) is 64.8 Å². The van der Waals surface area contributed by atoms with E-state index in [9.17, 15) is 0 Å². The van der Waals surface area contributed by atoms with Crippen LogP contribution in [0.15, 0.2) is 53.2 Å². The minimum atomic E-state index is 0.472. The first-order valence-electron chi connectivity index (χ1n) is 7.97. The van der Waals surface area contributed by atoms with Crippen molar-refractivity contribution in [1.82, 2.24) is 10.1 Å². The molecular weight excluding hydrogens is 336 g/mol. The molecular formula is C20H13ClN2O2. The Bertz CT molecular complexity index is 1130. The van der Waals surface area contributed by atoms with Gasteiger partial charge in [-0.15, -0.1) is 0 Å². The Morgan fingerprint density at radius 1 is 1.04 bits per heavy atom. The molecule has 25 heavy (non-hydrogen) atoms. The number of pyridine rings is 1. The smallest absolute Gasteiger partial charge is 0.167 e. The van der Waals surface area contributed by atoms with E-state index in [-0.39, 0.29) is 0 Å². The number of halogens is 1. The summed E-state index contributed by atoms with van der Waals surface area (Å²) in [7, 11) is 0. The lowest BCUT2D eigenvalue weighted by atomic mass is 9.99. The lowest BCUT2D eigenvalue weighted by Gasteiger charge is -2.20. The number of ether oxygens (including phenoxy) is 1. The van der Waals surface area contributed by atoms with E-state index in [4.69, 9.17) is 20.9 Å². The van der Waals surface area contributed by atoms with Crippen LogP contribution in [0, 0.1) is 6.92 Å². The molecule has 3 heterocycles. The van der Waals surface area contributed by atoms with Gasteiger partial charge in [-0.1, -0.05) is 28.4 Å². The molecule has 4 aromatic rings. The Labute approximate surface area is 149 Å². The third-order valence-electron chi connectivity index (χ3n) is 4.45. The van der Waals surface area contributed by atoms with Crippen molar-refractivity contribution in [2.24, 2.45) is 0 Å². The molecule has 0 bridgehead atoms. The van der Waals surface area contributed by atoms with E-state index < -0.39 is 0 Å². The highest BCUT2D eigenvalue weighted by molar-refractivity contribution is 6.31. The van der Waals surface area contributed by atoms with Gasteiger partial charge in [0.2, 0.25) is 0 Å². The molecule has 0 fully saturated rings. The zero-order chi connectivity index (χ0) is 17.0. The molecule has 0 unspecified atom stereocenters. The van der Waals surface area contributed by atoms with Gasteiger partial charge < -0.3 is 9.26 Å². The summed E-state index contributed by atoms with van der Waals surface area (Å²) in [6.45, 7) is 2.52. The number of benzene rings is 2. The standard InChI is InChI=1S/C20H13ClN2O2/c1-11-2-4-18-15(6-11)20(23-25-18)12-7-13-10-24-17-5-3-14(21)8-16(17)19(13)22-9-12/h2-9H,10H2,1H3. The zero-order valence-electron chi connectivity index (χ0n) is 13.4. The summed E-state index contributed by atoms with van der Waals surface area (Å²) in [6, 6.07) is 13.7. The number of hydrogen-bond donors (Lipinski definition) is 0. The summed E-state index contributed by atoms with van der Waals surface area (Å²) in [5, 5.41) is 5.89. The second-order valence-electron chi connectivity index (χ2n) is 6.19. The van der Waals surface area contributed by atoms with Crippen LogP contribution in [-0.4, -0.2) is 10.1 Å². The highest BCUT2D eigenvalue weighted by Crippen LogP contribution is 2.39. The van der Waals surface area contributed by atoms with Gasteiger partial charge >= 0.3 is 0 Å². The number of rotatable bonds is 1. The molecule has 0 atom stereocenters. The second-order valence-corrected chi connectivity index (χ2v) is 6.63. The van der Waals surface area contributed by atoms with Crippen LogP contribution >= 0.6 is 11.6 Å². The Morgan fingerprint density at radius 3 is 2.88 bits per heavy atom. The van der Waals surface area contributed by atoms with Crippen LogP contribution in [0.25, 0.3) is 33.5 Å². The third kappa shape index (κ3) is 2.29. The molecule has 4 nitrogen and oxygen atoms in total. The van der Waals surface area contributed by atoms with Crippen molar-refractivity contribution >= 4 is 22.6 Å².